The van der Waals surface area contributed by atoms with Gasteiger partial charge < -0.3 is 0 Å². The number of hydrogen-bond donors (Lipinski definition) is 1. The molecule has 4 rings (SSSR count). The fourth-order valence-electron chi connectivity index (χ4n) is 2.47. The standard InChI is InChI=1S/C16H12ClN5OS/c1-2-22-13-6-3-9(7-12(13)20-21-22)15(23)19-16-18-11-5-4-10(17)8-14(11)24-16/h3-8H,2H2,1H3,(H,18,19,23). The normalized spacial score (nSPS) is 11.2. The first-order valence-corrected chi connectivity index (χ1v) is 8.54. The molecule has 0 radical (unpaired) electrons. The van der Waals surface area contributed by atoms with Gasteiger partial charge in [0.05, 0.1) is 15.7 Å². The van der Waals surface area contributed by atoms with Crippen LogP contribution in [0.5, 0.6) is 0 Å². The number of rotatable bonds is 3. The Bertz CT molecular complexity index is 1070. The van der Waals surface area contributed by atoms with Crippen LogP contribution in [-0.2, 0) is 6.54 Å². The van der Waals surface area contributed by atoms with Crippen LogP contribution < -0.4 is 5.32 Å². The Labute approximate surface area is 146 Å². The van der Waals surface area contributed by atoms with Gasteiger partial charge in [0.15, 0.2) is 5.13 Å². The minimum absolute atomic E-state index is 0.229. The van der Waals surface area contributed by atoms with Crippen molar-refractivity contribution >= 4 is 55.2 Å². The average molecular weight is 358 g/mol. The fraction of sp³-hybridized carbons (Fsp3) is 0.125. The molecule has 24 heavy (non-hydrogen) atoms. The lowest BCUT2D eigenvalue weighted by molar-refractivity contribution is 0.102. The van der Waals surface area contributed by atoms with Gasteiger partial charge in [-0.2, -0.15) is 0 Å². The molecular formula is C16H12ClN5OS. The molecule has 1 N–H and O–H groups in total. The third-order valence-corrected chi connectivity index (χ3v) is 4.82. The van der Waals surface area contributed by atoms with Gasteiger partial charge in [0.1, 0.15) is 5.52 Å². The van der Waals surface area contributed by atoms with Gasteiger partial charge in [-0.1, -0.05) is 28.2 Å². The van der Waals surface area contributed by atoms with Crippen LogP contribution in [-0.4, -0.2) is 25.9 Å². The van der Waals surface area contributed by atoms with Gasteiger partial charge in [-0.25, -0.2) is 9.67 Å². The van der Waals surface area contributed by atoms with Crippen molar-refractivity contribution in [3.8, 4) is 0 Å². The summed E-state index contributed by atoms with van der Waals surface area (Å²) in [5.41, 5.74) is 2.92. The topological polar surface area (TPSA) is 72.7 Å². The number of aromatic nitrogens is 4. The zero-order valence-electron chi connectivity index (χ0n) is 12.7. The van der Waals surface area contributed by atoms with Crippen molar-refractivity contribution in [2.45, 2.75) is 13.5 Å². The largest absolute Gasteiger partial charge is 0.298 e. The third kappa shape index (κ3) is 2.61. The quantitative estimate of drug-likeness (QED) is 0.602. The molecule has 0 unspecified atom stereocenters. The molecule has 8 heteroatoms. The summed E-state index contributed by atoms with van der Waals surface area (Å²) in [6.07, 6.45) is 0. The highest BCUT2D eigenvalue weighted by atomic mass is 35.5. The highest BCUT2D eigenvalue weighted by Crippen LogP contribution is 2.28. The zero-order chi connectivity index (χ0) is 16.7. The Morgan fingerprint density at radius 3 is 2.96 bits per heavy atom. The molecule has 0 aliphatic heterocycles. The highest BCUT2D eigenvalue weighted by molar-refractivity contribution is 7.22. The van der Waals surface area contributed by atoms with Gasteiger partial charge in [-0.15, -0.1) is 5.10 Å². The molecule has 0 aliphatic rings. The molecule has 2 aromatic carbocycles. The predicted octanol–water partition coefficient (Wildman–Crippen LogP) is 3.97. The number of benzene rings is 2. The Morgan fingerprint density at radius 2 is 2.12 bits per heavy atom. The number of anilines is 1. The summed E-state index contributed by atoms with van der Waals surface area (Å²) < 4.78 is 2.72. The summed E-state index contributed by atoms with van der Waals surface area (Å²) in [5.74, 6) is -0.229. The second-order valence-electron chi connectivity index (χ2n) is 5.19. The van der Waals surface area contributed by atoms with Gasteiger partial charge >= 0.3 is 0 Å². The van der Waals surface area contributed by atoms with E-state index in [0.717, 1.165) is 22.3 Å². The number of hydrogen-bond acceptors (Lipinski definition) is 5. The second kappa shape index (κ2) is 5.85. The van der Waals surface area contributed by atoms with Crippen molar-refractivity contribution < 1.29 is 4.79 Å². The molecule has 0 aliphatic carbocycles. The van der Waals surface area contributed by atoms with Crippen LogP contribution in [0.2, 0.25) is 5.02 Å². The maximum Gasteiger partial charge on any atom is 0.257 e. The number of halogens is 1. The van der Waals surface area contributed by atoms with E-state index in [4.69, 9.17) is 11.6 Å². The number of aryl methyl sites for hydroxylation is 1. The maximum absolute atomic E-state index is 12.5. The summed E-state index contributed by atoms with van der Waals surface area (Å²) in [4.78, 5) is 16.8. The lowest BCUT2D eigenvalue weighted by Gasteiger charge is -2.02. The molecule has 6 nitrogen and oxygen atoms in total. The van der Waals surface area contributed by atoms with Crippen LogP contribution in [0.1, 0.15) is 17.3 Å². The lowest BCUT2D eigenvalue weighted by Crippen LogP contribution is -2.11. The van der Waals surface area contributed by atoms with E-state index >= 15 is 0 Å². The molecule has 0 saturated carbocycles. The van der Waals surface area contributed by atoms with Crippen LogP contribution in [0, 0.1) is 0 Å². The van der Waals surface area contributed by atoms with Gasteiger partial charge in [-0.3, -0.25) is 10.1 Å². The smallest absolute Gasteiger partial charge is 0.257 e. The number of nitrogens with zero attached hydrogens (tertiary/aromatic N) is 4. The highest BCUT2D eigenvalue weighted by Gasteiger charge is 2.12. The monoisotopic (exact) mass is 357 g/mol. The number of fused-ring (bicyclic) bond motifs is 2. The Balaban J connectivity index is 1.62. The summed E-state index contributed by atoms with van der Waals surface area (Å²) >= 11 is 7.36. The molecule has 0 saturated heterocycles. The van der Waals surface area contributed by atoms with Gasteiger partial charge in [0, 0.05) is 17.1 Å². The third-order valence-electron chi connectivity index (χ3n) is 3.65. The van der Waals surface area contributed by atoms with E-state index in [-0.39, 0.29) is 5.91 Å². The van der Waals surface area contributed by atoms with Gasteiger partial charge in [0.2, 0.25) is 0 Å². The van der Waals surface area contributed by atoms with Crippen molar-refractivity contribution in [3.05, 3.63) is 47.0 Å². The van der Waals surface area contributed by atoms with Gasteiger partial charge in [-0.05, 0) is 43.3 Å². The summed E-state index contributed by atoms with van der Waals surface area (Å²) in [6, 6.07) is 10.8. The Morgan fingerprint density at radius 1 is 1.25 bits per heavy atom. The SMILES string of the molecule is CCn1nnc2cc(C(=O)Nc3nc4ccc(Cl)cc4s3)ccc21. The van der Waals surface area contributed by atoms with E-state index < -0.39 is 0 Å². The lowest BCUT2D eigenvalue weighted by atomic mass is 10.2. The van der Waals surface area contributed by atoms with Crippen LogP contribution >= 0.6 is 22.9 Å². The minimum atomic E-state index is -0.229. The molecule has 0 spiro atoms. The first-order valence-electron chi connectivity index (χ1n) is 7.35. The molecule has 0 fully saturated rings. The molecule has 1 amide bonds. The number of carbonyl (C=O) groups is 1. The number of carbonyl (C=O) groups excluding carboxylic acids is 1. The molecule has 0 atom stereocenters. The first kappa shape index (κ1) is 15.0. The van der Waals surface area contributed by atoms with E-state index in [1.54, 1.807) is 22.9 Å². The number of thiazole rings is 1. The van der Waals surface area contributed by atoms with E-state index in [9.17, 15) is 4.79 Å². The van der Waals surface area contributed by atoms with E-state index in [0.29, 0.717) is 21.2 Å². The van der Waals surface area contributed by atoms with Crippen LogP contribution in [0.3, 0.4) is 0 Å². The minimum Gasteiger partial charge on any atom is -0.298 e. The van der Waals surface area contributed by atoms with E-state index in [1.807, 2.05) is 25.1 Å². The second-order valence-corrected chi connectivity index (χ2v) is 6.66. The average Bonchev–Trinajstić information content (AvgIpc) is 3.16. The number of nitrogens with one attached hydrogen (secondary N) is 1. The number of amides is 1. The summed E-state index contributed by atoms with van der Waals surface area (Å²) in [6.45, 7) is 2.73. The van der Waals surface area contributed by atoms with Crippen molar-refractivity contribution in [3.63, 3.8) is 0 Å². The van der Waals surface area contributed by atoms with Crippen molar-refractivity contribution in [1.29, 1.82) is 0 Å². The molecular weight excluding hydrogens is 346 g/mol. The van der Waals surface area contributed by atoms with Crippen LogP contribution in [0.4, 0.5) is 5.13 Å². The summed E-state index contributed by atoms with van der Waals surface area (Å²) in [5, 5.41) is 12.1. The predicted molar refractivity (Wildman–Crippen MR) is 95.8 cm³/mol. The van der Waals surface area contributed by atoms with Crippen molar-refractivity contribution in [2.75, 3.05) is 5.32 Å². The van der Waals surface area contributed by atoms with Crippen LogP contribution in [0.25, 0.3) is 21.3 Å². The first-order chi connectivity index (χ1) is 11.6. The molecule has 4 aromatic rings. The van der Waals surface area contributed by atoms with E-state index in [1.165, 1.54) is 11.3 Å². The fourth-order valence-corrected chi connectivity index (χ4v) is 3.61. The molecule has 0 bridgehead atoms. The Hall–Kier alpha value is -2.51. The van der Waals surface area contributed by atoms with Gasteiger partial charge in [0.25, 0.3) is 5.91 Å². The van der Waals surface area contributed by atoms with E-state index in [2.05, 4.69) is 20.6 Å². The maximum atomic E-state index is 12.5. The molecule has 2 heterocycles. The Kier molecular flexibility index (Phi) is 3.66. The molecule has 120 valence electrons. The zero-order valence-corrected chi connectivity index (χ0v) is 14.2. The summed E-state index contributed by atoms with van der Waals surface area (Å²) in [7, 11) is 0. The van der Waals surface area contributed by atoms with Crippen LogP contribution in [0.15, 0.2) is 36.4 Å². The van der Waals surface area contributed by atoms with Crippen molar-refractivity contribution in [1.82, 2.24) is 20.0 Å². The van der Waals surface area contributed by atoms with Crippen molar-refractivity contribution in [2.24, 2.45) is 0 Å². The molecule has 2 aromatic heterocycles.